The second-order valence-corrected chi connectivity index (χ2v) is 4.80. The van der Waals surface area contributed by atoms with Crippen molar-refractivity contribution in [3.63, 3.8) is 0 Å². The van der Waals surface area contributed by atoms with Crippen LogP contribution in [0.4, 0.5) is 0 Å². The molecule has 0 amide bonds. The highest BCUT2D eigenvalue weighted by Crippen LogP contribution is 2.19. The topological polar surface area (TPSA) is 24.9 Å². The molecule has 1 atom stereocenters. The molecule has 0 bridgehead atoms. The van der Waals surface area contributed by atoms with Gasteiger partial charge in [0, 0.05) is 18.4 Å². The molecule has 2 heteroatoms. The van der Waals surface area contributed by atoms with E-state index in [1.54, 1.807) is 0 Å². The van der Waals surface area contributed by atoms with E-state index in [9.17, 15) is 0 Å². The van der Waals surface area contributed by atoms with Crippen LogP contribution < -0.4 is 5.32 Å². The van der Waals surface area contributed by atoms with E-state index in [1.165, 1.54) is 16.7 Å². The lowest BCUT2D eigenvalue weighted by Gasteiger charge is -2.17. The highest BCUT2D eigenvalue weighted by molar-refractivity contribution is 5.30. The Morgan fingerprint density at radius 1 is 1.05 bits per heavy atom. The summed E-state index contributed by atoms with van der Waals surface area (Å²) in [6.45, 7) is 5.39. The Morgan fingerprint density at radius 3 is 2.53 bits per heavy atom. The molecule has 0 fully saturated rings. The summed E-state index contributed by atoms with van der Waals surface area (Å²) in [7, 11) is 0. The first-order valence-corrected chi connectivity index (χ1v) is 7.04. The van der Waals surface area contributed by atoms with Crippen LogP contribution in [0.25, 0.3) is 0 Å². The van der Waals surface area contributed by atoms with Gasteiger partial charge in [-0.15, -0.1) is 0 Å². The molecule has 0 radical (unpaired) electrons. The highest BCUT2D eigenvalue weighted by Gasteiger charge is 2.08. The van der Waals surface area contributed by atoms with Crippen LogP contribution in [-0.4, -0.2) is 11.5 Å². The highest BCUT2D eigenvalue weighted by atomic mass is 14.9. The first-order valence-electron chi connectivity index (χ1n) is 7.04. The Morgan fingerprint density at radius 2 is 1.84 bits per heavy atom. The smallest absolute Gasteiger partial charge is 0.0317 e. The first kappa shape index (κ1) is 13.8. The Kier molecular flexibility index (Phi) is 5.10. The fourth-order valence-electron chi connectivity index (χ4n) is 2.40. The van der Waals surface area contributed by atoms with Gasteiger partial charge in [0.25, 0.3) is 0 Å². The molecular formula is C17H22N2. The van der Waals surface area contributed by atoms with Gasteiger partial charge in [0.1, 0.15) is 0 Å². The van der Waals surface area contributed by atoms with Crippen LogP contribution >= 0.6 is 0 Å². The number of benzene rings is 1. The van der Waals surface area contributed by atoms with Crippen molar-refractivity contribution >= 4 is 0 Å². The van der Waals surface area contributed by atoms with Gasteiger partial charge in [0.2, 0.25) is 0 Å². The third kappa shape index (κ3) is 3.90. The monoisotopic (exact) mass is 254 g/mol. The van der Waals surface area contributed by atoms with Crippen molar-refractivity contribution in [2.75, 3.05) is 6.54 Å². The van der Waals surface area contributed by atoms with Crippen molar-refractivity contribution in [3.05, 3.63) is 65.5 Å². The zero-order chi connectivity index (χ0) is 13.5. The number of rotatable bonds is 6. The third-order valence-electron chi connectivity index (χ3n) is 3.37. The van der Waals surface area contributed by atoms with Gasteiger partial charge in [-0.25, -0.2) is 0 Å². The summed E-state index contributed by atoms with van der Waals surface area (Å²) < 4.78 is 0. The summed E-state index contributed by atoms with van der Waals surface area (Å²) in [6.07, 6.45) is 5.80. The van der Waals surface area contributed by atoms with Crippen molar-refractivity contribution in [2.45, 2.75) is 32.7 Å². The molecule has 0 saturated heterocycles. The van der Waals surface area contributed by atoms with Gasteiger partial charge in [-0.2, -0.15) is 0 Å². The molecule has 0 aliphatic carbocycles. The zero-order valence-electron chi connectivity index (χ0n) is 11.8. The lowest BCUT2D eigenvalue weighted by atomic mass is 9.99. The zero-order valence-corrected chi connectivity index (χ0v) is 11.8. The molecule has 0 saturated carbocycles. The molecule has 0 aliphatic heterocycles. The molecular weight excluding hydrogens is 232 g/mol. The average molecular weight is 254 g/mol. The number of nitrogens with zero attached hydrogens (tertiary/aromatic N) is 1. The molecule has 1 unspecified atom stereocenters. The fraction of sp³-hybridized carbons (Fsp3) is 0.353. The van der Waals surface area contributed by atoms with Crippen LogP contribution in [0.15, 0.2) is 48.8 Å². The van der Waals surface area contributed by atoms with Crippen molar-refractivity contribution in [3.8, 4) is 0 Å². The number of hydrogen-bond donors (Lipinski definition) is 1. The van der Waals surface area contributed by atoms with E-state index in [0.29, 0.717) is 6.04 Å². The van der Waals surface area contributed by atoms with E-state index >= 15 is 0 Å². The molecule has 2 aromatic rings. The maximum absolute atomic E-state index is 4.06. The molecule has 19 heavy (non-hydrogen) atoms. The van der Waals surface area contributed by atoms with Crippen LogP contribution in [0.5, 0.6) is 0 Å². The number of nitrogens with one attached hydrogen (secondary N) is 1. The molecule has 100 valence electrons. The largest absolute Gasteiger partial charge is 0.310 e. The summed E-state index contributed by atoms with van der Waals surface area (Å²) >= 11 is 0. The van der Waals surface area contributed by atoms with Crippen LogP contribution in [0, 0.1) is 0 Å². The summed E-state index contributed by atoms with van der Waals surface area (Å²) in [5.41, 5.74) is 4.06. The quantitative estimate of drug-likeness (QED) is 0.849. The van der Waals surface area contributed by atoms with Crippen molar-refractivity contribution in [1.29, 1.82) is 0 Å². The first-order chi connectivity index (χ1) is 9.33. The minimum Gasteiger partial charge on any atom is -0.310 e. The van der Waals surface area contributed by atoms with Gasteiger partial charge >= 0.3 is 0 Å². The van der Waals surface area contributed by atoms with Crippen LogP contribution in [0.3, 0.4) is 0 Å². The van der Waals surface area contributed by atoms with E-state index in [4.69, 9.17) is 0 Å². The summed E-state index contributed by atoms with van der Waals surface area (Å²) in [5, 5.41) is 3.53. The number of aromatic nitrogens is 1. The SMILES string of the molecule is CCNC(CC)c1cccc(Cc2ccncc2)c1. The van der Waals surface area contributed by atoms with Gasteiger partial charge in [-0.3, -0.25) is 4.98 Å². The van der Waals surface area contributed by atoms with Gasteiger partial charge in [-0.05, 0) is 48.2 Å². The lowest BCUT2D eigenvalue weighted by Crippen LogP contribution is -2.20. The molecule has 1 heterocycles. The van der Waals surface area contributed by atoms with Crippen molar-refractivity contribution in [2.24, 2.45) is 0 Å². The predicted octanol–water partition coefficient (Wildman–Crippen LogP) is 3.73. The normalized spacial score (nSPS) is 12.3. The number of pyridine rings is 1. The lowest BCUT2D eigenvalue weighted by molar-refractivity contribution is 0.537. The summed E-state index contributed by atoms with van der Waals surface area (Å²) in [6, 6.07) is 13.5. The molecule has 2 nitrogen and oxygen atoms in total. The fourth-order valence-corrected chi connectivity index (χ4v) is 2.40. The predicted molar refractivity (Wildman–Crippen MR) is 80.2 cm³/mol. The van der Waals surface area contributed by atoms with Crippen LogP contribution in [0.1, 0.15) is 43.0 Å². The minimum atomic E-state index is 0.461. The van der Waals surface area contributed by atoms with Gasteiger partial charge in [-0.1, -0.05) is 38.1 Å². The van der Waals surface area contributed by atoms with Gasteiger partial charge in [0.15, 0.2) is 0 Å². The average Bonchev–Trinajstić information content (AvgIpc) is 2.46. The molecule has 2 rings (SSSR count). The van der Waals surface area contributed by atoms with Crippen molar-refractivity contribution in [1.82, 2.24) is 10.3 Å². The summed E-state index contributed by atoms with van der Waals surface area (Å²) in [5.74, 6) is 0. The van der Waals surface area contributed by atoms with E-state index in [0.717, 1.165) is 19.4 Å². The maximum atomic E-state index is 4.06. The molecule has 1 N–H and O–H groups in total. The molecule has 0 aliphatic rings. The Hall–Kier alpha value is -1.67. The van der Waals surface area contributed by atoms with E-state index in [-0.39, 0.29) is 0 Å². The minimum absolute atomic E-state index is 0.461. The Bertz CT molecular complexity index is 494. The molecule has 0 spiro atoms. The second kappa shape index (κ2) is 7.05. The van der Waals surface area contributed by atoms with Gasteiger partial charge in [0.05, 0.1) is 0 Å². The van der Waals surface area contributed by atoms with E-state index in [2.05, 4.69) is 60.5 Å². The second-order valence-electron chi connectivity index (χ2n) is 4.80. The molecule has 1 aromatic heterocycles. The number of hydrogen-bond acceptors (Lipinski definition) is 2. The molecule has 1 aromatic carbocycles. The Labute approximate surface area is 115 Å². The van der Waals surface area contributed by atoms with E-state index < -0.39 is 0 Å². The van der Waals surface area contributed by atoms with Gasteiger partial charge < -0.3 is 5.32 Å². The summed E-state index contributed by atoms with van der Waals surface area (Å²) in [4.78, 5) is 4.06. The Balaban J connectivity index is 2.15. The maximum Gasteiger partial charge on any atom is 0.0317 e. The van der Waals surface area contributed by atoms with Crippen LogP contribution in [-0.2, 0) is 6.42 Å². The van der Waals surface area contributed by atoms with E-state index in [1.807, 2.05) is 12.4 Å². The van der Waals surface area contributed by atoms with Crippen LogP contribution in [0.2, 0.25) is 0 Å². The third-order valence-corrected chi connectivity index (χ3v) is 3.37. The standard InChI is InChI=1S/C17H22N2/c1-3-17(19-4-2)16-7-5-6-15(13-16)12-14-8-10-18-11-9-14/h5-11,13,17,19H,3-4,12H2,1-2H3. The van der Waals surface area contributed by atoms with Crippen molar-refractivity contribution < 1.29 is 0 Å².